The lowest BCUT2D eigenvalue weighted by molar-refractivity contribution is -0.137. The van der Waals surface area contributed by atoms with Gasteiger partial charge in [-0.25, -0.2) is 4.39 Å². The van der Waals surface area contributed by atoms with E-state index in [-0.39, 0.29) is 18.1 Å². The average Bonchev–Trinajstić information content (AvgIpc) is 2.15. The SMILES string of the molecule is COc1c(F)cc(C)cc1C(C)CC(=O)O. The molecule has 0 saturated heterocycles. The monoisotopic (exact) mass is 226 g/mol. The first-order valence-corrected chi connectivity index (χ1v) is 5.01. The first kappa shape index (κ1) is 12.5. The van der Waals surface area contributed by atoms with E-state index in [4.69, 9.17) is 9.84 Å². The van der Waals surface area contributed by atoms with Gasteiger partial charge in [-0.05, 0) is 24.5 Å². The Morgan fingerprint density at radius 3 is 2.69 bits per heavy atom. The highest BCUT2D eigenvalue weighted by atomic mass is 19.1. The highest BCUT2D eigenvalue weighted by molar-refractivity contribution is 5.68. The van der Waals surface area contributed by atoms with Gasteiger partial charge in [-0.2, -0.15) is 0 Å². The van der Waals surface area contributed by atoms with Gasteiger partial charge in [0.2, 0.25) is 0 Å². The number of aliphatic carboxylic acids is 1. The second-order valence-electron chi connectivity index (χ2n) is 3.87. The largest absolute Gasteiger partial charge is 0.493 e. The lowest BCUT2D eigenvalue weighted by Crippen LogP contribution is -2.06. The number of halogens is 1. The molecule has 0 radical (unpaired) electrons. The summed E-state index contributed by atoms with van der Waals surface area (Å²) in [5.74, 6) is -1.49. The minimum atomic E-state index is -0.906. The molecule has 0 aliphatic heterocycles. The fourth-order valence-corrected chi connectivity index (χ4v) is 1.71. The van der Waals surface area contributed by atoms with Gasteiger partial charge < -0.3 is 9.84 Å². The van der Waals surface area contributed by atoms with Crippen molar-refractivity contribution in [3.05, 3.63) is 29.1 Å². The van der Waals surface area contributed by atoms with Crippen LogP contribution in [0.2, 0.25) is 0 Å². The number of aryl methyl sites for hydroxylation is 1. The highest BCUT2D eigenvalue weighted by Gasteiger charge is 2.18. The summed E-state index contributed by atoms with van der Waals surface area (Å²) >= 11 is 0. The molecule has 0 fully saturated rings. The van der Waals surface area contributed by atoms with Gasteiger partial charge >= 0.3 is 5.97 Å². The number of rotatable bonds is 4. The fourth-order valence-electron chi connectivity index (χ4n) is 1.71. The number of hydrogen-bond donors (Lipinski definition) is 1. The van der Waals surface area contributed by atoms with E-state index < -0.39 is 11.8 Å². The van der Waals surface area contributed by atoms with Gasteiger partial charge in [0.1, 0.15) is 0 Å². The van der Waals surface area contributed by atoms with Gasteiger partial charge in [0.05, 0.1) is 13.5 Å². The minimum absolute atomic E-state index is 0.0424. The van der Waals surface area contributed by atoms with E-state index in [1.807, 2.05) is 0 Å². The van der Waals surface area contributed by atoms with Crippen LogP contribution in [0.1, 0.15) is 30.4 Å². The Morgan fingerprint density at radius 2 is 2.19 bits per heavy atom. The van der Waals surface area contributed by atoms with Crippen LogP contribution < -0.4 is 4.74 Å². The summed E-state index contributed by atoms with van der Waals surface area (Å²) in [5, 5.41) is 8.71. The third-order valence-electron chi connectivity index (χ3n) is 2.43. The van der Waals surface area contributed by atoms with Crippen LogP contribution in [-0.2, 0) is 4.79 Å². The Morgan fingerprint density at radius 1 is 1.56 bits per heavy atom. The highest BCUT2D eigenvalue weighted by Crippen LogP contribution is 2.32. The number of methoxy groups -OCH3 is 1. The van der Waals surface area contributed by atoms with Crippen LogP contribution in [0.25, 0.3) is 0 Å². The molecule has 88 valence electrons. The molecule has 1 atom stereocenters. The van der Waals surface area contributed by atoms with Crippen molar-refractivity contribution >= 4 is 5.97 Å². The van der Waals surface area contributed by atoms with Gasteiger partial charge in [-0.3, -0.25) is 4.79 Å². The van der Waals surface area contributed by atoms with E-state index in [1.54, 1.807) is 19.9 Å². The summed E-state index contributed by atoms with van der Waals surface area (Å²) in [6.45, 7) is 3.50. The number of carboxylic acid groups (broad SMARTS) is 1. The van der Waals surface area contributed by atoms with Gasteiger partial charge in [-0.15, -0.1) is 0 Å². The number of ether oxygens (including phenoxy) is 1. The van der Waals surface area contributed by atoms with E-state index in [0.29, 0.717) is 5.56 Å². The minimum Gasteiger partial charge on any atom is -0.493 e. The molecular weight excluding hydrogens is 211 g/mol. The molecule has 0 aromatic heterocycles. The van der Waals surface area contributed by atoms with Gasteiger partial charge in [0, 0.05) is 5.56 Å². The predicted octanol–water partition coefficient (Wildman–Crippen LogP) is 2.72. The van der Waals surface area contributed by atoms with Crippen LogP contribution in [0.5, 0.6) is 5.75 Å². The van der Waals surface area contributed by atoms with Crippen molar-refractivity contribution in [1.82, 2.24) is 0 Å². The molecule has 0 saturated carbocycles. The summed E-state index contributed by atoms with van der Waals surface area (Å²) in [6.07, 6.45) is -0.0424. The Hall–Kier alpha value is -1.58. The summed E-state index contributed by atoms with van der Waals surface area (Å²) < 4.78 is 18.5. The standard InChI is InChI=1S/C12H15FO3/c1-7-4-9(8(2)6-11(14)15)12(16-3)10(13)5-7/h4-5,8H,6H2,1-3H3,(H,14,15). The number of carboxylic acids is 1. The van der Waals surface area contributed by atoms with Crippen LogP contribution in [0.15, 0.2) is 12.1 Å². The summed E-state index contributed by atoms with van der Waals surface area (Å²) in [7, 11) is 1.38. The van der Waals surface area contributed by atoms with E-state index in [1.165, 1.54) is 13.2 Å². The van der Waals surface area contributed by atoms with Gasteiger partial charge in [0.15, 0.2) is 11.6 Å². The van der Waals surface area contributed by atoms with E-state index in [0.717, 1.165) is 5.56 Å². The maximum Gasteiger partial charge on any atom is 0.303 e. The lowest BCUT2D eigenvalue weighted by atomic mass is 9.95. The van der Waals surface area contributed by atoms with E-state index >= 15 is 0 Å². The zero-order chi connectivity index (χ0) is 12.3. The van der Waals surface area contributed by atoms with Crippen molar-refractivity contribution in [2.45, 2.75) is 26.2 Å². The zero-order valence-electron chi connectivity index (χ0n) is 9.58. The first-order valence-electron chi connectivity index (χ1n) is 5.01. The second kappa shape index (κ2) is 4.96. The predicted molar refractivity (Wildman–Crippen MR) is 58.4 cm³/mol. The molecule has 1 rings (SSSR count). The van der Waals surface area contributed by atoms with Crippen LogP contribution in [0, 0.1) is 12.7 Å². The molecule has 1 aromatic rings. The number of hydrogen-bond acceptors (Lipinski definition) is 2. The first-order chi connectivity index (χ1) is 7.45. The number of benzene rings is 1. The average molecular weight is 226 g/mol. The summed E-state index contributed by atoms with van der Waals surface area (Å²) in [5.41, 5.74) is 1.35. The molecular formula is C12H15FO3. The van der Waals surface area contributed by atoms with E-state index in [2.05, 4.69) is 0 Å². The number of carbonyl (C=O) groups is 1. The fraction of sp³-hybridized carbons (Fsp3) is 0.417. The third kappa shape index (κ3) is 2.72. The van der Waals surface area contributed by atoms with Crippen molar-refractivity contribution in [1.29, 1.82) is 0 Å². The zero-order valence-corrected chi connectivity index (χ0v) is 9.58. The van der Waals surface area contributed by atoms with Gasteiger partial charge in [-0.1, -0.05) is 13.0 Å². The van der Waals surface area contributed by atoms with Crippen molar-refractivity contribution in [3.8, 4) is 5.75 Å². The third-order valence-corrected chi connectivity index (χ3v) is 2.43. The molecule has 0 bridgehead atoms. The molecule has 3 nitrogen and oxygen atoms in total. The van der Waals surface area contributed by atoms with Crippen molar-refractivity contribution in [2.24, 2.45) is 0 Å². The Labute approximate surface area is 93.9 Å². The van der Waals surface area contributed by atoms with Crippen molar-refractivity contribution in [2.75, 3.05) is 7.11 Å². The molecule has 16 heavy (non-hydrogen) atoms. The van der Waals surface area contributed by atoms with Crippen molar-refractivity contribution in [3.63, 3.8) is 0 Å². The van der Waals surface area contributed by atoms with Gasteiger partial charge in [0.25, 0.3) is 0 Å². The molecule has 1 aromatic carbocycles. The molecule has 1 unspecified atom stereocenters. The van der Waals surface area contributed by atoms with Crippen molar-refractivity contribution < 1.29 is 19.0 Å². The van der Waals surface area contributed by atoms with Crippen LogP contribution in [0.4, 0.5) is 4.39 Å². The Balaban J connectivity index is 3.15. The maximum atomic E-state index is 13.5. The molecule has 1 N–H and O–H groups in total. The topological polar surface area (TPSA) is 46.5 Å². The van der Waals surface area contributed by atoms with Crippen LogP contribution >= 0.6 is 0 Å². The van der Waals surface area contributed by atoms with Crippen LogP contribution in [0.3, 0.4) is 0 Å². The second-order valence-corrected chi connectivity index (χ2v) is 3.87. The molecule has 0 spiro atoms. The van der Waals surface area contributed by atoms with E-state index in [9.17, 15) is 9.18 Å². The molecule has 0 heterocycles. The molecule has 0 aliphatic rings. The molecule has 4 heteroatoms. The summed E-state index contributed by atoms with van der Waals surface area (Å²) in [4.78, 5) is 10.6. The molecule has 0 aliphatic carbocycles. The normalized spacial score (nSPS) is 12.2. The lowest BCUT2D eigenvalue weighted by Gasteiger charge is -2.15. The Bertz CT molecular complexity index is 401. The smallest absolute Gasteiger partial charge is 0.303 e. The Kier molecular flexibility index (Phi) is 3.88. The maximum absolute atomic E-state index is 13.5. The molecule has 0 amide bonds. The van der Waals surface area contributed by atoms with Crippen LogP contribution in [-0.4, -0.2) is 18.2 Å². The quantitative estimate of drug-likeness (QED) is 0.858. The summed E-state index contributed by atoms with van der Waals surface area (Å²) in [6, 6.07) is 3.13.